The number of nitrogens with two attached hydrogens (primary N) is 4. The smallest absolute Gasteiger partial charge is 0.270 e. The van der Waals surface area contributed by atoms with E-state index in [2.05, 4.69) is 15.3 Å². The number of rotatable bonds is 5. The van der Waals surface area contributed by atoms with Crippen molar-refractivity contribution in [1.82, 2.24) is 0 Å². The summed E-state index contributed by atoms with van der Waals surface area (Å²) in [4.78, 5) is 19.8. The Morgan fingerprint density at radius 2 is 1.69 bits per heavy atom. The van der Waals surface area contributed by atoms with E-state index < -0.39 is 11.6 Å². The van der Waals surface area contributed by atoms with E-state index in [1.807, 2.05) is 0 Å². The molecule has 0 aromatic heterocycles. The minimum Gasteiger partial charge on any atom is -0.399 e. The number of primary amides is 1. The SMILES string of the molecule is N=C(C(N)=O)C(=NC(N)=N[C@@H]1CCCC[C@@H]1N)Nc1ccc(N)cc1.N=CC=N. The van der Waals surface area contributed by atoms with E-state index in [4.69, 9.17) is 39.2 Å². The minimum atomic E-state index is -0.927. The quantitative estimate of drug-likeness (QED) is 0.199. The molecule has 1 aliphatic carbocycles. The van der Waals surface area contributed by atoms with E-state index in [-0.39, 0.29) is 23.9 Å². The van der Waals surface area contributed by atoms with Crippen LogP contribution < -0.4 is 28.3 Å². The molecule has 0 heterocycles. The van der Waals surface area contributed by atoms with Gasteiger partial charge in [0.1, 0.15) is 0 Å². The first-order chi connectivity index (χ1) is 13.8. The van der Waals surface area contributed by atoms with Crippen LogP contribution >= 0.6 is 0 Å². The highest BCUT2D eigenvalue weighted by atomic mass is 16.1. The van der Waals surface area contributed by atoms with Crippen LogP contribution in [0.4, 0.5) is 11.4 Å². The number of benzene rings is 1. The normalized spacial score (nSPS) is 19.3. The van der Waals surface area contributed by atoms with Crippen LogP contribution in [0.2, 0.25) is 0 Å². The fraction of sp³-hybridized carbons (Fsp3) is 0.333. The highest BCUT2D eigenvalue weighted by Crippen LogP contribution is 2.19. The third kappa shape index (κ3) is 8.30. The van der Waals surface area contributed by atoms with Gasteiger partial charge in [0.25, 0.3) is 5.91 Å². The number of hydrogen-bond acceptors (Lipinski definition) is 7. The lowest BCUT2D eigenvalue weighted by Gasteiger charge is -2.25. The van der Waals surface area contributed by atoms with Crippen molar-refractivity contribution >= 4 is 47.2 Å². The number of guanidine groups is 1. The number of carbonyl (C=O) groups excluding carboxylic acids is 1. The number of nitrogens with one attached hydrogen (secondary N) is 4. The summed E-state index contributed by atoms with van der Waals surface area (Å²) >= 11 is 0. The zero-order chi connectivity index (χ0) is 21.8. The van der Waals surface area contributed by atoms with Gasteiger partial charge in [-0.25, -0.2) is 4.99 Å². The molecule has 11 heteroatoms. The molecule has 1 amide bonds. The van der Waals surface area contributed by atoms with Crippen LogP contribution in [0.25, 0.3) is 0 Å². The largest absolute Gasteiger partial charge is 0.399 e. The highest BCUT2D eigenvalue weighted by molar-refractivity contribution is 6.67. The Labute approximate surface area is 169 Å². The molecule has 1 aromatic carbocycles. The van der Waals surface area contributed by atoms with Crippen LogP contribution in [0.5, 0.6) is 0 Å². The number of nitrogens with zero attached hydrogens (tertiary/aromatic N) is 2. The summed E-state index contributed by atoms with van der Waals surface area (Å²) in [5.74, 6) is -1.06. The second-order valence-corrected chi connectivity index (χ2v) is 6.28. The van der Waals surface area contributed by atoms with Crippen LogP contribution in [0.3, 0.4) is 0 Å². The predicted octanol–water partition coefficient (Wildman–Crippen LogP) is 0.454. The summed E-state index contributed by atoms with van der Waals surface area (Å²) in [6.45, 7) is 0. The van der Waals surface area contributed by atoms with Gasteiger partial charge >= 0.3 is 0 Å². The summed E-state index contributed by atoms with van der Waals surface area (Å²) in [5, 5.41) is 22.8. The van der Waals surface area contributed by atoms with E-state index in [9.17, 15) is 4.79 Å². The molecule has 12 N–H and O–H groups in total. The number of anilines is 2. The van der Waals surface area contributed by atoms with Gasteiger partial charge in [0.05, 0.1) is 6.04 Å². The van der Waals surface area contributed by atoms with Crippen LogP contribution in [0, 0.1) is 16.2 Å². The molecule has 1 saturated carbocycles. The molecule has 0 bridgehead atoms. The van der Waals surface area contributed by atoms with Crippen molar-refractivity contribution in [3.05, 3.63) is 24.3 Å². The van der Waals surface area contributed by atoms with Gasteiger partial charge in [-0.2, -0.15) is 4.99 Å². The van der Waals surface area contributed by atoms with Crippen LogP contribution in [0.15, 0.2) is 34.3 Å². The maximum atomic E-state index is 11.4. The Morgan fingerprint density at radius 1 is 1.10 bits per heavy atom. The summed E-state index contributed by atoms with van der Waals surface area (Å²) in [6, 6.07) is 6.54. The van der Waals surface area contributed by atoms with Crippen LogP contribution in [-0.4, -0.2) is 47.9 Å². The molecule has 1 aromatic rings. The number of hydrogen-bond donors (Lipinski definition) is 8. The second-order valence-electron chi connectivity index (χ2n) is 6.28. The Morgan fingerprint density at radius 3 is 2.21 bits per heavy atom. The molecule has 0 spiro atoms. The molecule has 0 aliphatic heterocycles. The average molecular weight is 400 g/mol. The average Bonchev–Trinajstić information content (AvgIpc) is 2.70. The lowest BCUT2D eigenvalue weighted by Crippen LogP contribution is -2.38. The summed E-state index contributed by atoms with van der Waals surface area (Å²) < 4.78 is 0. The van der Waals surface area contributed by atoms with Gasteiger partial charge in [-0.05, 0) is 37.1 Å². The van der Waals surface area contributed by atoms with E-state index in [0.29, 0.717) is 11.4 Å². The van der Waals surface area contributed by atoms with Crippen molar-refractivity contribution in [3.63, 3.8) is 0 Å². The van der Waals surface area contributed by atoms with Gasteiger partial charge in [0.15, 0.2) is 11.5 Å². The Hall–Kier alpha value is -3.60. The number of amidine groups is 1. The first kappa shape index (κ1) is 23.4. The zero-order valence-corrected chi connectivity index (χ0v) is 16.1. The first-order valence-electron chi connectivity index (χ1n) is 8.96. The molecule has 29 heavy (non-hydrogen) atoms. The van der Waals surface area contributed by atoms with Crippen molar-refractivity contribution in [1.29, 1.82) is 16.2 Å². The topological polar surface area (TPSA) is 229 Å². The number of nitrogen functional groups attached to an aromatic ring is 1. The molecule has 11 nitrogen and oxygen atoms in total. The highest BCUT2D eigenvalue weighted by Gasteiger charge is 2.21. The molecule has 2 atom stereocenters. The van der Waals surface area contributed by atoms with Gasteiger partial charge in [-0.15, -0.1) is 0 Å². The maximum Gasteiger partial charge on any atom is 0.270 e. The molecule has 1 fully saturated rings. The number of amides is 1. The van der Waals surface area contributed by atoms with Crippen molar-refractivity contribution < 1.29 is 4.79 Å². The van der Waals surface area contributed by atoms with E-state index in [1.165, 1.54) is 0 Å². The molecule has 0 unspecified atom stereocenters. The lowest BCUT2D eigenvalue weighted by atomic mass is 9.91. The molecule has 156 valence electrons. The van der Waals surface area contributed by atoms with Gasteiger partial charge < -0.3 is 39.1 Å². The van der Waals surface area contributed by atoms with Crippen molar-refractivity contribution in [3.8, 4) is 0 Å². The third-order valence-corrected chi connectivity index (χ3v) is 4.05. The van der Waals surface area contributed by atoms with Gasteiger partial charge in [-0.3, -0.25) is 10.2 Å². The minimum absolute atomic E-state index is 0.0497. The first-order valence-corrected chi connectivity index (χ1v) is 8.96. The Kier molecular flexibility index (Phi) is 9.68. The zero-order valence-electron chi connectivity index (χ0n) is 16.1. The van der Waals surface area contributed by atoms with Gasteiger partial charge in [0.2, 0.25) is 5.96 Å². The van der Waals surface area contributed by atoms with E-state index in [1.54, 1.807) is 24.3 Å². The standard InChI is InChI=1S/C16H24N8O.C2H4N2/c17-9-5-7-10(8-6-9)22-15(13(19)14(20)25)24-16(21)23-12-4-2-1-3-11(12)18;3-1-2-4/h5-8,11-12,19H,1-4,17-18H2,(H2,20,25)(H3,21,22,23,24);1-4H/t11-,12+;/m0./s1. The summed E-state index contributed by atoms with van der Waals surface area (Å²) in [6.07, 6.45) is 5.67. The molecule has 2 rings (SSSR count). The van der Waals surface area contributed by atoms with Crippen LogP contribution in [0.1, 0.15) is 25.7 Å². The van der Waals surface area contributed by atoms with E-state index in [0.717, 1.165) is 38.1 Å². The molecule has 0 saturated heterocycles. The van der Waals surface area contributed by atoms with Crippen molar-refractivity contribution in [2.75, 3.05) is 11.1 Å². The molecular weight excluding hydrogens is 372 g/mol. The van der Waals surface area contributed by atoms with Crippen LogP contribution in [-0.2, 0) is 4.79 Å². The summed E-state index contributed by atoms with van der Waals surface area (Å²) in [5.41, 5.74) is 23.4. The van der Waals surface area contributed by atoms with Gasteiger partial charge in [-0.1, -0.05) is 12.8 Å². The van der Waals surface area contributed by atoms with Gasteiger partial charge in [0, 0.05) is 29.8 Å². The van der Waals surface area contributed by atoms with E-state index >= 15 is 0 Å². The number of carbonyl (C=O) groups is 1. The predicted molar refractivity (Wildman–Crippen MR) is 118 cm³/mol. The Balaban J connectivity index is 0.000000960. The lowest BCUT2D eigenvalue weighted by molar-refractivity contribution is -0.111. The number of aliphatic imine (C=N–C) groups is 2. The molecule has 1 aliphatic rings. The monoisotopic (exact) mass is 400 g/mol. The van der Waals surface area contributed by atoms with Crippen molar-refractivity contribution in [2.45, 2.75) is 37.8 Å². The molecular formula is C18H28N10O. The van der Waals surface area contributed by atoms with Crippen molar-refractivity contribution in [2.24, 2.45) is 27.2 Å². The Bertz CT molecular complexity index is 778. The second kappa shape index (κ2) is 12.0. The maximum absolute atomic E-state index is 11.4. The fourth-order valence-electron chi connectivity index (χ4n) is 2.58. The summed E-state index contributed by atoms with van der Waals surface area (Å²) in [7, 11) is 0. The molecule has 0 radical (unpaired) electrons. The third-order valence-electron chi connectivity index (χ3n) is 4.05. The fourth-order valence-corrected chi connectivity index (χ4v) is 2.58.